The second kappa shape index (κ2) is 4.06. The molecule has 0 N–H and O–H groups in total. The van der Waals surface area contributed by atoms with Gasteiger partial charge in [-0.2, -0.15) is 13.2 Å². The lowest BCUT2D eigenvalue weighted by molar-refractivity contribution is -0.140. The smallest absolute Gasteiger partial charge is 0.414 e. The van der Waals surface area contributed by atoms with Crippen molar-refractivity contribution < 1.29 is 27.1 Å². The van der Waals surface area contributed by atoms with E-state index in [4.69, 9.17) is 11.6 Å². The Morgan fingerprint density at radius 3 is 2.40 bits per heavy atom. The standard InChI is InChI=1S/C8H3ClF4O2/c9-7(14)15-4-1-2-6(10)5(3-4)8(11,12)13/h1-3H. The van der Waals surface area contributed by atoms with Crippen LogP contribution < -0.4 is 4.74 Å². The van der Waals surface area contributed by atoms with Gasteiger partial charge in [0.25, 0.3) is 0 Å². The van der Waals surface area contributed by atoms with Gasteiger partial charge in [-0.1, -0.05) is 0 Å². The van der Waals surface area contributed by atoms with Crippen LogP contribution in [-0.2, 0) is 6.18 Å². The van der Waals surface area contributed by atoms with Crippen LogP contribution in [0, 0.1) is 5.82 Å². The highest BCUT2D eigenvalue weighted by Crippen LogP contribution is 2.33. The zero-order valence-electron chi connectivity index (χ0n) is 6.94. The average molecular weight is 243 g/mol. The zero-order chi connectivity index (χ0) is 11.6. The quantitative estimate of drug-likeness (QED) is 0.556. The highest BCUT2D eigenvalue weighted by Gasteiger charge is 2.34. The van der Waals surface area contributed by atoms with E-state index >= 15 is 0 Å². The summed E-state index contributed by atoms with van der Waals surface area (Å²) >= 11 is 4.78. The molecule has 7 heteroatoms. The van der Waals surface area contributed by atoms with E-state index in [1.165, 1.54) is 0 Å². The Kier molecular flexibility index (Phi) is 3.18. The van der Waals surface area contributed by atoms with Gasteiger partial charge >= 0.3 is 11.6 Å². The van der Waals surface area contributed by atoms with Crippen molar-refractivity contribution in [2.75, 3.05) is 0 Å². The summed E-state index contributed by atoms with van der Waals surface area (Å²) in [5, 5.41) is 0. The third-order valence-electron chi connectivity index (χ3n) is 1.44. The monoisotopic (exact) mass is 242 g/mol. The molecule has 0 bridgehead atoms. The van der Waals surface area contributed by atoms with Crippen LogP contribution in [0.15, 0.2) is 18.2 Å². The van der Waals surface area contributed by atoms with Gasteiger partial charge in [-0.25, -0.2) is 9.18 Å². The summed E-state index contributed by atoms with van der Waals surface area (Å²) in [5.74, 6) is -1.92. The number of halogens is 5. The van der Waals surface area contributed by atoms with Crippen LogP contribution in [0.2, 0.25) is 0 Å². The third kappa shape index (κ3) is 3.09. The Balaban J connectivity index is 3.11. The molecule has 0 aliphatic heterocycles. The lowest BCUT2D eigenvalue weighted by Crippen LogP contribution is -2.08. The summed E-state index contributed by atoms with van der Waals surface area (Å²) in [6, 6.07) is 1.76. The van der Waals surface area contributed by atoms with Crippen LogP contribution in [0.4, 0.5) is 22.4 Å². The van der Waals surface area contributed by atoms with Gasteiger partial charge in [-0.05, 0) is 18.2 Å². The van der Waals surface area contributed by atoms with E-state index in [0.717, 1.165) is 6.07 Å². The summed E-state index contributed by atoms with van der Waals surface area (Å²) in [4.78, 5) is 10.2. The SMILES string of the molecule is O=C(Cl)Oc1ccc(F)c(C(F)(F)F)c1. The molecule has 0 aliphatic rings. The molecule has 0 atom stereocenters. The van der Waals surface area contributed by atoms with Crippen molar-refractivity contribution >= 4 is 17.0 Å². The van der Waals surface area contributed by atoms with Crippen molar-refractivity contribution in [2.24, 2.45) is 0 Å². The molecule has 0 radical (unpaired) electrons. The Morgan fingerprint density at radius 2 is 1.93 bits per heavy atom. The van der Waals surface area contributed by atoms with E-state index in [2.05, 4.69) is 4.74 Å². The number of benzene rings is 1. The molecule has 0 spiro atoms. The predicted molar refractivity (Wildman–Crippen MR) is 43.3 cm³/mol. The number of carbonyl (C=O) groups excluding carboxylic acids is 1. The van der Waals surface area contributed by atoms with Crippen LogP contribution >= 0.6 is 11.6 Å². The third-order valence-corrected chi connectivity index (χ3v) is 1.52. The lowest BCUT2D eigenvalue weighted by Gasteiger charge is -2.09. The van der Waals surface area contributed by atoms with Gasteiger partial charge in [0.15, 0.2) is 0 Å². The number of carbonyl (C=O) groups is 1. The van der Waals surface area contributed by atoms with Crippen molar-refractivity contribution in [1.82, 2.24) is 0 Å². The normalized spacial score (nSPS) is 11.3. The first kappa shape index (κ1) is 11.8. The van der Waals surface area contributed by atoms with Crippen LogP contribution in [0.5, 0.6) is 5.75 Å². The molecule has 1 aromatic carbocycles. The second-order valence-corrected chi connectivity index (χ2v) is 2.79. The van der Waals surface area contributed by atoms with E-state index in [9.17, 15) is 22.4 Å². The van der Waals surface area contributed by atoms with Gasteiger partial charge < -0.3 is 4.74 Å². The predicted octanol–water partition coefficient (Wildman–Crippen LogP) is 3.58. The molecular weight excluding hydrogens is 240 g/mol. The summed E-state index contributed by atoms with van der Waals surface area (Å²) in [7, 11) is 0. The highest BCUT2D eigenvalue weighted by molar-refractivity contribution is 6.61. The first-order valence-electron chi connectivity index (χ1n) is 3.55. The number of alkyl halides is 3. The van der Waals surface area contributed by atoms with Gasteiger partial charge in [0.1, 0.15) is 11.6 Å². The molecule has 0 saturated heterocycles. The van der Waals surface area contributed by atoms with E-state index in [1.54, 1.807) is 0 Å². The second-order valence-electron chi connectivity index (χ2n) is 2.48. The molecular formula is C8H3ClF4O2. The van der Waals surface area contributed by atoms with Crippen molar-refractivity contribution in [1.29, 1.82) is 0 Å². The topological polar surface area (TPSA) is 26.3 Å². The minimum absolute atomic E-state index is 0.357. The molecule has 1 rings (SSSR count). The summed E-state index contributed by atoms with van der Waals surface area (Å²) in [6.45, 7) is 0. The van der Waals surface area contributed by atoms with Crippen LogP contribution in [0.1, 0.15) is 5.56 Å². The molecule has 0 saturated carbocycles. The Hall–Kier alpha value is -1.30. The van der Waals surface area contributed by atoms with Gasteiger partial charge in [0.05, 0.1) is 5.56 Å². The number of rotatable bonds is 1. The molecule has 0 aliphatic carbocycles. The minimum Gasteiger partial charge on any atom is -0.414 e. The largest absolute Gasteiger partial charge is 0.419 e. The van der Waals surface area contributed by atoms with Gasteiger partial charge in [0.2, 0.25) is 0 Å². The molecule has 0 unspecified atom stereocenters. The first-order valence-corrected chi connectivity index (χ1v) is 3.92. The molecule has 0 aromatic heterocycles. The van der Waals surface area contributed by atoms with E-state index < -0.39 is 28.7 Å². The summed E-state index contributed by atoms with van der Waals surface area (Å²) in [5.41, 5.74) is -2.81. The summed E-state index contributed by atoms with van der Waals surface area (Å²) < 4.78 is 53.3. The Labute approximate surface area is 86.4 Å². The fourth-order valence-electron chi connectivity index (χ4n) is 0.878. The van der Waals surface area contributed by atoms with Crippen molar-refractivity contribution in [2.45, 2.75) is 6.18 Å². The van der Waals surface area contributed by atoms with Gasteiger partial charge in [-0.3, -0.25) is 0 Å². The van der Waals surface area contributed by atoms with Gasteiger partial charge in [0, 0.05) is 11.6 Å². The number of hydrogen-bond donors (Lipinski definition) is 0. The maximum absolute atomic E-state index is 12.7. The Bertz CT molecular complexity index is 389. The summed E-state index contributed by atoms with van der Waals surface area (Å²) in [6.07, 6.45) is -4.85. The zero-order valence-corrected chi connectivity index (χ0v) is 7.69. The highest BCUT2D eigenvalue weighted by atomic mass is 35.5. The van der Waals surface area contributed by atoms with E-state index in [1.807, 2.05) is 0 Å². The molecule has 1 aromatic rings. The maximum Gasteiger partial charge on any atom is 0.419 e. The Morgan fingerprint density at radius 1 is 1.33 bits per heavy atom. The number of hydrogen-bond acceptors (Lipinski definition) is 2. The first-order chi connectivity index (χ1) is 6.80. The van der Waals surface area contributed by atoms with Crippen molar-refractivity contribution in [3.8, 4) is 5.75 Å². The number of ether oxygens (including phenoxy) is 1. The van der Waals surface area contributed by atoms with Crippen LogP contribution in [0.3, 0.4) is 0 Å². The molecule has 2 nitrogen and oxygen atoms in total. The fraction of sp³-hybridized carbons (Fsp3) is 0.125. The van der Waals surface area contributed by atoms with Gasteiger partial charge in [-0.15, -0.1) is 0 Å². The van der Waals surface area contributed by atoms with Crippen LogP contribution in [0.25, 0.3) is 0 Å². The molecule has 0 amide bonds. The van der Waals surface area contributed by atoms with Crippen LogP contribution in [-0.4, -0.2) is 5.43 Å². The van der Waals surface area contributed by atoms with E-state index in [-0.39, 0.29) is 0 Å². The van der Waals surface area contributed by atoms with Crippen molar-refractivity contribution in [3.05, 3.63) is 29.6 Å². The molecule has 15 heavy (non-hydrogen) atoms. The van der Waals surface area contributed by atoms with E-state index in [0.29, 0.717) is 12.1 Å². The minimum atomic E-state index is -4.85. The van der Waals surface area contributed by atoms with Crippen molar-refractivity contribution in [3.63, 3.8) is 0 Å². The average Bonchev–Trinajstić information content (AvgIpc) is 2.05. The fourth-order valence-corrected chi connectivity index (χ4v) is 0.967. The maximum atomic E-state index is 12.7. The molecule has 0 fully saturated rings. The molecule has 82 valence electrons. The lowest BCUT2D eigenvalue weighted by atomic mass is 10.2. The molecule has 0 heterocycles.